The number of nitrogens with zero attached hydrogens (tertiary/aromatic N) is 2. The van der Waals surface area contributed by atoms with Crippen LogP contribution < -0.4 is 11.1 Å². The van der Waals surface area contributed by atoms with E-state index in [2.05, 4.69) is 33.0 Å². The van der Waals surface area contributed by atoms with Gasteiger partial charge in [-0.2, -0.15) is 0 Å². The summed E-state index contributed by atoms with van der Waals surface area (Å²) in [5.74, 6) is 3.59. The van der Waals surface area contributed by atoms with Crippen LogP contribution in [0.25, 0.3) is 0 Å². The normalized spacial score (nSPS) is 24.4. The third-order valence-corrected chi connectivity index (χ3v) is 4.96. The molecule has 3 atom stereocenters. The predicted molar refractivity (Wildman–Crippen MR) is 115 cm³/mol. The second-order valence-electron chi connectivity index (χ2n) is 7.84. The number of carbonyl (C=O) groups excluding carboxylic acids is 1. The van der Waals surface area contributed by atoms with Gasteiger partial charge < -0.3 is 15.5 Å². The van der Waals surface area contributed by atoms with Crippen LogP contribution in [0.15, 0.2) is 34.7 Å². The third kappa shape index (κ3) is 7.68. The third-order valence-electron chi connectivity index (χ3n) is 4.96. The molecule has 28 heavy (non-hydrogen) atoms. The molecule has 0 aromatic carbocycles. The van der Waals surface area contributed by atoms with E-state index in [1.54, 1.807) is 6.26 Å². The lowest BCUT2D eigenvalue weighted by Crippen LogP contribution is -2.41. The number of hydrazine groups is 1. The second kappa shape index (κ2) is 13.4. The van der Waals surface area contributed by atoms with Gasteiger partial charge in [0.05, 0.1) is 6.26 Å². The topological polar surface area (TPSA) is 74.7 Å². The first-order valence-corrected chi connectivity index (χ1v) is 10.6. The van der Waals surface area contributed by atoms with Crippen molar-refractivity contribution in [3.8, 4) is 0 Å². The van der Waals surface area contributed by atoms with E-state index < -0.39 is 0 Å². The van der Waals surface area contributed by atoms with Gasteiger partial charge in [-0.1, -0.05) is 53.4 Å². The molecule has 0 radical (unpaired) electrons. The van der Waals surface area contributed by atoms with Gasteiger partial charge in [-0.05, 0) is 36.5 Å². The molecule has 1 fully saturated rings. The fourth-order valence-corrected chi connectivity index (χ4v) is 3.71. The number of nitrogens with one attached hydrogen (secondary N) is 1. The van der Waals surface area contributed by atoms with Crippen LogP contribution in [0.1, 0.15) is 71.6 Å². The zero-order valence-corrected chi connectivity index (χ0v) is 18.4. The molecular formula is C22H40N4O2. The van der Waals surface area contributed by atoms with E-state index in [9.17, 15) is 4.79 Å². The van der Waals surface area contributed by atoms with Crippen molar-refractivity contribution >= 4 is 6.41 Å². The monoisotopic (exact) mass is 392 g/mol. The first-order valence-electron chi connectivity index (χ1n) is 10.6. The van der Waals surface area contributed by atoms with Crippen molar-refractivity contribution in [2.45, 2.75) is 65.8 Å². The van der Waals surface area contributed by atoms with Crippen LogP contribution in [0, 0.1) is 11.8 Å². The lowest BCUT2D eigenvalue weighted by Gasteiger charge is -2.31. The zero-order valence-electron chi connectivity index (χ0n) is 18.4. The molecule has 1 aromatic heterocycles. The van der Waals surface area contributed by atoms with Crippen molar-refractivity contribution in [3.05, 3.63) is 36.1 Å². The summed E-state index contributed by atoms with van der Waals surface area (Å²) in [4.78, 5) is 10.6. The van der Waals surface area contributed by atoms with Crippen LogP contribution in [0.4, 0.5) is 0 Å². The summed E-state index contributed by atoms with van der Waals surface area (Å²) in [7, 11) is 1.93. The molecule has 3 rings (SSSR count). The fourth-order valence-electron chi connectivity index (χ4n) is 3.71. The fraction of sp³-hybridized carbons (Fsp3) is 0.682. The number of rotatable bonds is 5. The number of nitrogens with two attached hydrogens (primary N) is 1. The van der Waals surface area contributed by atoms with Gasteiger partial charge in [0.25, 0.3) is 0 Å². The Kier molecular flexibility index (Phi) is 11.6. The Labute approximate surface area is 171 Å². The van der Waals surface area contributed by atoms with E-state index in [-0.39, 0.29) is 6.04 Å². The molecule has 3 unspecified atom stereocenters. The molecule has 0 spiro atoms. The molecule has 160 valence electrons. The highest BCUT2D eigenvalue weighted by Gasteiger charge is 2.31. The van der Waals surface area contributed by atoms with E-state index in [0.29, 0.717) is 19.5 Å². The molecule has 3 N–H and O–H groups in total. The maximum absolute atomic E-state index is 10.6. The Morgan fingerprint density at radius 3 is 2.36 bits per heavy atom. The minimum atomic E-state index is -0.0148. The van der Waals surface area contributed by atoms with Gasteiger partial charge >= 0.3 is 0 Å². The Balaban J connectivity index is 0.000000296. The van der Waals surface area contributed by atoms with Crippen LogP contribution in [-0.2, 0) is 4.79 Å². The number of amides is 1. The average Bonchev–Trinajstić information content (AvgIpc) is 3.27. The first-order chi connectivity index (χ1) is 13.5. The van der Waals surface area contributed by atoms with Gasteiger partial charge in [0.15, 0.2) is 0 Å². The van der Waals surface area contributed by atoms with Crippen LogP contribution >= 0.6 is 0 Å². The van der Waals surface area contributed by atoms with E-state index in [0.717, 1.165) is 23.4 Å². The summed E-state index contributed by atoms with van der Waals surface area (Å²) in [6, 6.07) is 3.73. The summed E-state index contributed by atoms with van der Waals surface area (Å²) in [5.41, 5.74) is 5.56. The van der Waals surface area contributed by atoms with Crippen molar-refractivity contribution in [1.82, 2.24) is 15.3 Å². The van der Waals surface area contributed by atoms with Crippen molar-refractivity contribution in [2.75, 3.05) is 20.1 Å². The summed E-state index contributed by atoms with van der Waals surface area (Å²) in [6.45, 7) is 10.1. The molecule has 2 aliphatic rings. The summed E-state index contributed by atoms with van der Waals surface area (Å²) < 4.78 is 5.38. The van der Waals surface area contributed by atoms with Gasteiger partial charge in [-0.25, -0.2) is 5.01 Å². The molecule has 1 amide bonds. The van der Waals surface area contributed by atoms with Crippen molar-refractivity contribution in [3.63, 3.8) is 0 Å². The average molecular weight is 393 g/mol. The van der Waals surface area contributed by atoms with Crippen molar-refractivity contribution in [1.29, 1.82) is 0 Å². The molecular weight excluding hydrogens is 352 g/mol. The smallest absolute Gasteiger partial charge is 0.212 e. The molecule has 1 aliphatic heterocycles. The largest absolute Gasteiger partial charge is 0.467 e. The number of likely N-dealkylation sites (N-methyl/N-ethyl adjacent to an activating group) is 1. The van der Waals surface area contributed by atoms with E-state index >= 15 is 0 Å². The minimum absolute atomic E-state index is 0.0148. The lowest BCUT2D eigenvalue weighted by atomic mass is 9.84. The Hall–Kier alpha value is -1.79. The van der Waals surface area contributed by atoms with Crippen molar-refractivity contribution in [2.24, 2.45) is 17.6 Å². The first kappa shape index (κ1) is 24.2. The maximum atomic E-state index is 10.6. The van der Waals surface area contributed by atoms with Crippen molar-refractivity contribution < 1.29 is 9.21 Å². The molecule has 2 heterocycles. The van der Waals surface area contributed by atoms with E-state index in [4.69, 9.17) is 10.2 Å². The number of hydrogen-bond donors (Lipinski definition) is 2. The number of carbonyl (C=O) groups is 1. The van der Waals surface area contributed by atoms with Gasteiger partial charge in [0, 0.05) is 20.1 Å². The highest BCUT2D eigenvalue weighted by atomic mass is 16.3. The zero-order chi connectivity index (χ0) is 20.9. The highest BCUT2D eigenvalue weighted by Crippen LogP contribution is 2.31. The van der Waals surface area contributed by atoms with Crippen LogP contribution in [-0.4, -0.2) is 36.6 Å². The van der Waals surface area contributed by atoms with Gasteiger partial charge in [0.1, 0.15) is 17.6 Å². The standard InChI is InChI=1S/C11H16N4O2.C8H16.C3H8/c1-14-9(10-3-2-6-17-10)7-11(13-8-16)15(14)5-4-12;1-7-4-3-5-8(2)6-7;1-3-2/h2-3,6-9H,4-5,12H2,1H3,(H,13,16);7-8H,3-6H2,1-2H3;3H2,1-2H3. The molecule has 1 aromatic rings. The SMILES string of the molecule is CC1CCCC(C)C1.CCC.CN1C(c2ccco2)C=C(NC=O)N1CCN. The quantitative estimate of drug-likeness (QED) is 0.732. The van der Waals surface area contributed by atoms with E-state index in [1.165, 1.54) is 32.1 Å². The molecule has 6 heteroatoms. The molecule has 0 bridgehead atoms. The number of hydrogen-bond acceptors (Lipinski definition) is 5. The minimum Gasteiger partial charge on any atom is -0.467 e. The Morgan fingerprint density at radius 1 is 1.29 bits per heavy atom. The summed E-state index contributed by atoms with van der Waals surface area (Å²) in [5, 5.41) is 6.57. The highest BCUT2D eigenvalue weighted by molar-refractivity contribution is 5.50. The number of furan rings is 1. The predicted octanol–water partition coefficient (Wildman–Crippen LogP) is 4.28. The molecule has 0 saturated heterocycles. The lowest BCUT2D eigenvalue weighted by molar-refractivity contribution is -0.109. The molecule has 1 aliphatic carbocycles. The molecule has 6 nitrogen and oxygen atoms in total. The summed E-state index contributed by atoms with van der Waals surface area (Å²) in [6.07, 6.45) is 11.4. The molecule has 1 saturated carbocycles. The van der Waals surface area contributed by atoms with Crippen LogP contribution in [0.3, 0.4) is 0 Å². The van der Waals surface area contributed by atoms with E-state index in [1.807, 2.05) is 35.3 Å². The summed E-state index contributed by atoms with van der Waals surface area (Å²) >= 11 is 0. The van der Waals surface area contributed by atoms with Gasteiger partial charge in [0.2, 0.25) is 6.41 Å². The Morgan fingerprint density at radius 2 is 1.93 bits per heavy atom. The second-order valence-corrected chi connectivity index (χ2v) is 7.84. The van der Waals surface area contributed by atoms with Crippen LogP contribution in [0.2, 0.25) is 0 Å². The van der Waals surface area contributed by atoms with Crippen LogP contribution in [0.5, 0.6) is 0 Å². The van der Waals surface area contributed by atoms with Gasteiger partial charge in [-0.15, -0.1) is 0 Å². The maximum Gasteiger partial charge on any atom is 0.212 e. The van der Waals surface area contributed by atoms with Gasteiger partial charge in [-0.3, -0.25) is 9.80 Å². The Bertz CT molecular complexity index is 551.